The minimum Gasteiger partial charge on any atom is -0.374 e. The molecule has 0 radical (unpaired) electrons. The first-order valence-electron chi connectivity index (χ1n) is 7.22. The highest BCUT2D eigenvalue weighted by Gasteiger charge is 2.41. The van der Waals surface area contributed by atoms with Gasteiger partial charge < -0.3 is 15.8 Å². The van der Waals surface area contributed by atoms with Crippen molar-refractivity contribution in [3.8, 4) is 0 Å². The maximum absolute atomic E-state index is 12.5. The number of para-hydroxylation sites is 1. The van der Waals surface area contributed by atoms with Gasteiger partial charge in [0.25, 0.3) is 0 Å². The smallest absolute Gasteiger partial charge is 0.230 e. The van der Waals surface area contributed by atoms with Crippen molar-refractivity contribution in [2.24, 2.45) is 17.6 Å². The third-order valence-corrected chi connectivity index (χ3v) is 4.25. The maximum Gasteiger partial charge on any atom is 0.230 e. The minimum absolute atomic E-state index is 0.0162. The third-order valence-electron chi connectivity index (χ3n) is 4.25. The normalized spacial score (nSPS) is 31.1. The molecule has 4 heteroatoms. The summed E-state index contributed by atoms with van der Waals surface area (Å²) >= 11 is 0. The lowest BCUT2D eigenvalue weighted by atomic mass is 9.88. The average Bonchev–Trinajstić information content (AvgIpc) is 2.63. The predicted molar refractivity (Wildman–Crippen MR) is 80.3 cm³/mol. The summed E-state index contributed by atoms with van der Waals surface area (Å²) in [6, 6.07) is 7.56. The van der Waals surface area contributed by atoms with Gasteiger partial charge in [0.1, 0.15) is 0 Å². The molecule has 2 rings (SSSR count). The molecule has 1 heterocycles. The van der Waals surface area contributed by atoms with Crippen LogP contribution in [-0.2, 0) is 9.53 Å². The minimum atomic E-state index is -0.119. The SMILES string of the molecule is CC(N)c1ccccc1NC(=O)C1C(C)OC(C)C1C. The molecular weight excluding hydrogens is 252 g/mol. The first-order chi connectivity index (χ1) is 9.41. The molecule has 0 saturated carbocycles. The number of anilines is 1. The van der Waals surface area contributed by atoms with Crippen molar-refractivity contribution in [2.45, 2.75) is 45.9 Å². The fraction of sp³-hybridized carbons (Fsp3) is 0.562. The largest absolute Gasteiger partial charge is 0.374 e. The number of nitrogens with one attached hydrogen (secondary N) is 1. The molecule has 110 valence electrons. The number of carbonyl (C=O) groups excluding carboxylic acids is 1. The second-order valence-electron chi connectivity index (χ2n) is 5.80. The van der Waals surface area contributed by atoms with E-state index in [9.17, 15) is 4.79 Å². The molecule has 3 N–H and O–H groups in total. The summed E-state index contributed by atoms with van der Waals surface area (Å²) in [5.41, 5.74) is 7.69. The second-order valence-corrected chi connectivity index (χ2v) is 5.80. The Balaban J connectivity index is 2.16. The first-order valence-corrected chi connectivity index (χ1v) is 7.22. The number of ether oxygens (including phenoxy) is 1. The molecule has 1 amide bonds. The monoisotopic (exact) mass is 276 g/mol. The molecule has 1 aliphatic heterocycles. The molecule has 1 saturated heterocycles. The molecule has 1 aromatic carbocycles. The van der Waals surface area contributed by atoms with Gasteiger partial charge in [0, 0.05) is 11.7 Å². The number of rotatable bonds is 3. The summed E-state index contributed by atoms with van der Waals surface area (Å²) in [5, 5.41) is 3.02. The van der Waals surface area contributed by atoms with E-state index < -0.39 is 0 Å². The zero-order chi connectivity index (χ0) is 14.9. The van der Waals surface area contributed by atoms with Crippen LogP contribution < -0.4 is 11.1 Å². The standard InChI is InChI=1S/C16H24N2O2/c1-9-11(3)20-12(4)15(9)16(19)18-14-8-6-5-7-13(14)10(2)17/h5-12,15H,17H2,1-4H3,(H,18,19). The van der Waals surface area contributed by atoms with E-state index in [4.69, 9.17) is 10.5 Å². The highest BCUT2D eigenvalue weighted by Crippen LogP contribution is 2.33. The quantitative estimate of drug-likeness (QED) is 0.892. The zero-order valence-electron chi connectivity index (χ0n) is 12.6. The Labute approximate surface area is 120 Å². The summed E-state index contributed by atoms with van der Waals surface area (Å²) in [6.45, 7) is 7.96. The van der Waals surface area contributed by atoms with Crippen molar-refractivity contribution >= 4 is 11.6 Å². The second kappa shape index (κ2) is 5.94. The summed E-state index contributed by atoms with van der Waals surface area (Å²) in [4.78, 5) is 12.5. The number of carbonyl (C=O) groups is 1. The van der Waals surface area contributed by atoms with E-state index in [1.165, 1.54) is 0 Å². The van der Waals surface area contributed by atoms with Gasteiger partial charge in [-0.2, -0.15) is 0 Å². The number of hydrogen-bond acceptors (Lipinski definition) is 3. The average molecular weight is 276 g/mol. The van der Waals surface area contributed by atoms with Gasteiger partial charge >= 0.3 is 0 Å². The predicted octanol–water partition coefficient (Wildman–Crippen LogP) is 2.70. The molecule has 1 aliphatic rings. The van der Waals surface area contributed by atoms with Crippen LogP contribution in [0.1, 0.15) is 39.3 Å². The van der Waals surface area contributed by atoms with Crippen molar-refractivity contribution in [3.63, 3.8) is 0 Å². The summed E-state index contributed by atoms with van der Waals surface area (Å²) < 4.78 is 5.74. The molecule has 0 aliphatic carbocycles. The zero-order valence-corrected chi connectivity index (χ0v) is 12.6. The van der Waals surface area contributed by atoms with Gasteiger partial charge in [-0.05, 0) is 38.3 Å². The molecule has 0 aromatic heterocycles. The number of nitrogens with two attached hydrogens (primary N) is 1. The van der Waals surface area contributed by atoms with Gasteiger partial charge in [0.15, 0.2) is 0 Å². The maximum atomic E-state index is 12.5. The number of amides is 1. The molecule has 20 heavy (non-hydrogen) atoms. The highest BCUT2D eigenvalue weighted by atomic mass is 16.5. The Morgan fingerprint density at radius 3 is 2.45 bits per heavy atom. The van der Waals surface area contributed by atoms with Crippen molar-refractivity contribution in [3.05, 3.63) is 29.8 Å². The molecule has 0 bridgehead atoms. The van der Waals surface area contributed by atoms with Gasteiger partial charge in [0.05, 0.1) is 18.1 Å². The topological polar surface area (TPSA) is 64.3 Å². The van der Waals surface area contributed by atoms with E-state index in [0.29, 0.717) is 0 Å². The molecule has 1 fully saturated rings. The van der Waals surface area contributed by atoms with E-state index in [-0.39, 0.29) is 36.0 Å². The number of benzene rings is 1. The Hall–Kier alpha value is -1.39. The van der Waals surface area contributed by atoms with E-state index in [2.05, 4.69) is 12.2 Å². The van der Waals surface area contributed by atoms with E-state index in [0.717, 1.165) is 11.3 Å². The van der Waals surface area contributed by atoms with Crippen LogP contribution in [0.2, 0.25) is 0 Å². The Bertz CT molecular complexity index is 487. The van der Waals surface area contributed by atoms with Crippen LogP contribution in [0.5, 0.6) is 0 Å². The molecule has 5 unspecified atom stereocenters. The fourth-order valence-corrected chi connectivity index (χ4v) is 2.94. The van der Waals surface area contributed by atoms with Crippen molar-refractivity contribution in [2.75, 3.05) is 5.32 Å². The highest BCUT2D eigenvalue weighted by molar-refractivity contribution is 5.94. The molecular formula is C16H24N2O2. The lowest BCUT2D eigenvalue weighted by Crippen LogP contribution is -2.32. The van der Waals surface area contributed by atoms with Gasteiger partial charge in [0.2, 0.25) is 5.91 Å². The molecule has 0 spiro atoms. The third kappa shape index (κ3) is 2.86. The summed E-state index contributed by atoms with van der Waals surface area (Å²) in [7, 11) is 0. The van der Waals surface area contributed by atoms with Crippen molar-refractivity contribution in [1.82, 2.24) is 0 Å². The van der Waals surface area contributed by atoms with Crippen LogP contribution >= 0.6 is 0 Å². The Kier molecular flexibility index (Phi) is 4.45. The lowest BCUT2D eigenvalue weighted by molar-refractivity contribution is -0.121. The molecule has 4 nitrogen and oxygen atoms in total. The van der Waals surface area contributed by atoms with E-state index in [1.54, 1.807) is 0 Å². The summed E-state index contributed by atoms with van der Waals surface area (Å²) in [6.07, 6.45) is 0.0619. The van der Waals surface area contributed by atoms with Crippen LogP contribution in [0.15, 0.2) is 24.3 Å². The van der Waals surface area contributed by atoms with Gasteiger partial charge in [-0.25, -0.2) is 0 Å². The van der Waals surface area contributed by atoms with Gasteiger partial charge in [-0.15, -0.1) is 0 Å². The van der Waals surface area contributed by atoms with E-state index >= 15 is 0 Å². The lowest BCUT2D eigenvalue weighted by Gasteiger charge is -2.20. The molecule has 5 atom stereocenters. The van der Waals surface area contributed by atoms with Crippen LogP contribution in [0.4, 0.5) is 5.69 Å². The first kappa shape index (κ1) is 15.0. The molecule has 1 aromatic rings. The van der Waals surface area contributed by atoms with Crippen molar-refractivity contribution in [1.29, 1.82) is 0 Å². The fourth-order valence-electron chi connectivity index (χ4n) is 2.94. The van der Waals surface area contributed by atoms with Crippen LogP contribution in [0.3, 0.4) is 0 Å². The van der Waals surface area contributed by atoms with Crippen LogP contribution in [0, 0.1) is 11.8 Å². The van der Waals surface area contributed by atoms with Gasteiger partial charge in [-0.1, -0.05) is 25.1 Å². The Morgan fingerprint density at radius 1 is 1.25 bits per heavy atom. The van der Waals surface area contributed by atoms with Crippen LogP contribution in [-0.4, -0.2) is 18.1 Å². The number of hydrogen-bond donors (Lipinski definition) is 2. The van der Waals surface area contributed by atoms with Crippen molar-refractivity contribution < 1.29 is 9.53 Å². The summed E-state index contributed by atoms with van der Waals surface area (Å²) in [5.74, 6) is 0.112. The van der Waals surface area contributed by atoms with Gasteiger partial charge in [-0.3, -0.25) is 4.79 Å². The van der Waals surface area contributed by atoms with Crippen LogP contribution in [0.25, 0.3) is 0 Å². The van der Waals surface area contributed by atoms with E-state index in [1.807, 2.05) is 45.0 Å². The Morgan fingerprint density at radius 2 is 1.90 bits per heavy atom.